The number of amides is 1. The van der Waals surface area contributed by atoms with Crippen molar-refractivity contribution in [1.82, 2.24) is 14.7 Å². The van der Waals surface area contributed by atoms with Gasteiger partial charge in [0.05, 0.1) is 0 Å². The summed E-state index contributed by atoms with van der Waals surface area (Å²) in [6.45, 7) is 3.60. The molecule has 0 aromatic heterocycles. The topological polar surface area (TPSA) is 47.0 Å². The number of hydrogen-bond acceptors (Lipinski definition) is 3. The first-order valence-electron chi connectivity index (χ1n) is 9.82. The van der Waals surface area contributed by atoms with Crippen LogP contribution in [0.25, 0.3) is 0 Å². The Morgan fingerprint density at radius 1 is 1.00 bits per heavy atom. The Hall–Kier alpha value is -1.02. The highest BCUT2D eigenvalue weighted by molar-refractivity contribution is 5.65. The molecule has 1 N–H and O–H groups in total. The number of likely N-dealkylation sites (tertiary alicyclic amines) is 3. The molecule has 1 amide bonds. The summed E-state index contributed by atoms with van der Waals surface area (Å²) in [6, 6.07) is -0.698. The lowest BCUT2D eigenvalue weighted by Gasteiger charge is -2.52. The maximum Gasteiger partial charge on any atom is 0.407 e. The molecule has 26 heavy (non-hydrogen) atoms. The van der Waals surface area contributed by atoms with Crippen molar-refractivity contribution in [2.45, 2.75) is 69.2 Å². The van der Waals surface area contributed by atoms with Crippen molar-refractivity contribution in [2.75, 3.05) is 32.7 Å². The number of alkyl halides is 3. The van der Waals surface area contributed by atoms with Gasteiger partial charge >= 0.3 is 12.3 Å². The highest BCUT2D eigenvalue weighted by Crippen LogP contribution is 2.50. The van der Waals surface area contributed by atoms with Crippen molar-refractivity contribution in [3.8, 4) is 0 Å². The minimum absolute atomic E-state index is 0.0587. The van der Waals surface area contributed by atoms with E-state index in [1.807, 2.05) is 0 Å². The second-order valence-electron chi connectivity index (χ2n) is 8.72. The molecule has 0 unspecified atom stereocenters. The van der Waals surface area contributed by atoms with Crippen LogP contribution in [0.15, 0.2) is 0 Å². The Kier molecular flexibility index (Phi) is 4.62. The lowest BCUT2D eigenvalue weighted by atomic mass is 9.64. The number of piperidine rings is 1. The summed E-state index contributed by atoms with van der Waals surface area (Å²) in [5, 5.41) is 9.12. The van der Waals surface area contributed by atoms with Crippen LogP contribution in [0.5, 0.6) is 0 Å². The van der Waals surface area contributed by atoms with Gasteiger partial charge in [0.1, 0.15) is 6.04 Å². The van der Waals surface area contributed by atoms with Gasteiger partial charge in [0.2, 0.25) is 0 Å². The van der Waals surface area contributed by atoms with Gasteiger partial charge in [0.15, 0.2) is 0 Å². The standard InChI is InChI=1S/C18H28F3N3O2/c19-18(20,21)15-2-1-6-24(15)13-3-7-22(8-4-13)14-10-17(11-14)5-9-23(12-17)16(25)26/h13-15H,1-12H2,(H,25,26)/t14?,15-,17?/m0/s1. The summed E-state index contributed by atoms with van der Waals surface area (Å²) < 4.78 is 39.6. The number of nitrogens with zero attached hydrogens (tertiary/aromatic N) is 3. The van der Waals surface area contributed by atoms with Crippen LogP contribution < -0.4 is 0 Å². The van der Waals surface area contributed by atoms with E-state index in [9.17, 15) is 18.0 Å². The van der Waals surface area contributed by atoms with Crippen LogP contribution >= 0.6 is 0 Å². The van der Waals surface area contributed by atoms with Gasteiger partial charge in [-0.15, -0.1) is 0 Å². The van der Waals surface area contributed by atoms with Gasteiger partial charge < -0.3 is 14.9 Å². The molecule has 5 nitrogen and oxygen atoms in total. The fourth-order valence-corrected chi connectivity index (χ4v) is 5.79. The zero-order valence-corrected chi connectivity index (χ0v) is 15.0. The molecule has 0 aromatic rings. The van der Waals surface area contributed by atoms with E-state index in [0.29, 0.717) is 32.1 Å². The lowest BCUT2D eigenvalue weighted by Crippen LogP contribution is -2.57. The van der Waals surface area contributed by atoms with E-state index < -0.39 is 18.3 Å². The fourth-order valence-electron chi connectivity index (χ4n) is 5.79. The van der Waals surface area contributed by atoms with Crippen molar-refractivity contribution in [3.05, 3.63) is 0 Å². The second-order valence-corrected chi connectivity index (χ2v) is 8.72. The van der Waals surface area contributed by atoms with Gasteiger partial charge in [-0.2, -0.15) is 13.2 Å². The van der Waals surface area contributed by atoms with Crippen LogP contribution in [0, 0.1) is 5.41 Å². The third kappa shape index (κ3) is 3.30. The van der Waals surface area contributed by atoms with Gasteiger partial charge in [-0.05, 0) is 70.0 Å². The van der Waals surface area contributed by atoms with E-state index in [2.05, 4.69) is 4.90 Å². The van der Waals surface area contributed by atoms with Crippen molar-refractivity contribution in [2.24, 2.45) is 5.41 Å². The average molecular weight is 375 g/mol. The van der Waals surface area contributed by atoms with Gasteiger partial charge in [-0.1, -0.05) is 0 Å². The number of halogens is 3. The molecule has 148 valence electrons. The summed E-state index contributed by atoms with van der Waals surface area (Å²) in [6.07, 6.45) is 0.627. The van der Waals surface area contributed by atoms with Gasteiger partial charge in [-0.3, -0.25) is 4.90 Å². The summed E-state index contributed by atoms with van der Waals surface area (Å²) in [5.74, 6) is 0. The molecular weight excluding hydrogens is 347 g/mol. The molecular formula is C18H28F3N3O2. The maximum absolute atomic E-state index is 13.2. The first-order chi connectivity index (χ1) is 12.3. The average Bonchev–Trinajstić information content (AvgIpc) is 3.20. The Morgan fingerprint density at radius 2 is 1.69 bits per heavy atom. The molecule has 0 bridgehead atoms. The second kappa shape index (κ2) is 6.55. The summed E-state index contributed by atoms with van der Waals surface area (Å²) in [5.41, 5.74) is 0.163. The van der Waals surface area contributed by atoms with Crippen molar-refractivity contribution >= 4 is 6.09 Å². The van der Waals surface area contributed by atoms with Crippen molar-refractivity contribution < 1.29 is 23.1 Å². The third-order valence-corrected chi connectivity index (χ3v) is 7.20. The summed E-state index contributed by atoms with van der Waals surface area (Å²) >= 11 is 0. The molecule has 0 aromatic carbocycles. The molecule has 4 aliphatic rings. The van der Waals surface area contributed by atoms with E-state index in [4.69, 9.17) is 5.11 Å². The first-order valence-corrected chi connectivity index (χ1v) is 9.82. The highest BCUT2D eigenvalue weighted by atomic mass is 19.4. The SMILES string of the molecule is O=C(O)N1CCC2(CC(N3CCC(N4CCC[C@H]4C(F)(F)F)CC3)C2)C1. The van der Waals surface area contributed by atoms with E-state index in [0.717, 1.165) is 45.2 Å². The van der Waals surface area contributed by atoms with E-state index in [1.165, 1.54) is 4.90 Å². The monoisotopic (exact) mass is 375 g/mol. The molecule has 1 saturated carbocycles. The summed E-state index contributed by atoms with van der Waals surface area (Å²) in [7, 11) is 0. The predicted octanol–water partition coefficient (Wildman–Crippen LogP) is 3.01. The third-order valence-electron chi connectivity index (χ3n) is 7.20. The van der Waals surface area contributed by atoms with Crippen LogP contribution in [0.1, 0.15) is 44.9 Å². The maximum atomic E-state index is 13.2. The Bertz CT molecular complexity index is 542. The van der Waals surface area contributed by atoms with E-state index >= 15 is 0 Å². The largest absolute Gasteiger partial charge is 0.465 e. The normalized spacial score (nSPS) is 37.4. The molecule has 1 atom stereocenters. The molecule has 3 heterocycles. The zero-order valence-electron chi connectivity index (χ0n) is 15.0. The van der Waals surface area contributed by atoms with Crippen molar-refractivity contribution in [3.63, 3.8) is 0 Å². The smallest absolute Gasteiger partial charge is 0.407 e. The molecule has 3 aliphatic heterocycles. The fraction of sp³-hybridized carbons (Fsp3) is 0.944. The Morgan fingerprint density at radius 3 is 2.27 bits per heavy atom. The molecule has 3 saturated heterocycles. The van der Waals surface area contributed by atoms with Crippen molar-refractivity contribution in [1.29, 1.82) is 0 Å². The van der Waals surface area contributed by atoms with Gasteiger partial charge in [0.25, 0.3) is 0 Å². The molecule has 8 heteroatoms. The minimum Gasteiger partial charge on any atom is -0.465 e. The van der Waals surface area contributed by atoms with Gasteiger partial charge in [-0.25, -0.2) is 4.79 Å². The quantitative estimate of drug-likeness (QED) is 0.806. The molecule has 4 fully saturated rings. The number of rotatable bonds is 2. The zero-order chi connectivity index (χ0) is 18.5. The lowest BCUT2D eigenvalue weighted by molar-refractivity contribution is -0.183. The van der Waals surface area contributed by atoms with Crippen LogP contribution in [-0.2, 0) is 0 Å². The first kappa shape index (κ1) is 18.3. The Labute approximate surface area is 152 Å². The number of carboxylic acid groups (broad SMARTS) is 1. The van der Waals surface area contributed by atoms with Crippen LogP contribution in [0.3, 0.4) is 0 Å². The Balaban J connectivity index is 1.26. The highest BCUT2D eigenvalue weighted by Gasteiger charge is 2.52. The minimum atomic E-state index is -4.10. The molecule has 0 radical (unpaired) electrons. The number of hydrogen-bond donors (Lipinski definition) is 1. The molecule has 1 spiro atoms. The van der Waals surface area contributed by atoms with Crippen LogP contribution in [0.4, 0.5) is 18.0 Å². The predicted molar refractivity (Wildman–Crippen MR) is 90.0 cm³/mol. The van der Waals surface area contributed by atoms with E-state index in [1.54, 1.807) is 4.90 Å². The van der Waals surface area contributed by atoms with E-state index in [-0.39, 0.29) is 17.9 Å². The molecule has 4 rings (SSSR count). The van der Waals surface area contributed by atoms with Crippen LogP contribution in [-0.4, -0.2) is 82.9 Å². The van der Waals surface area contributed by atoms with Crippen LogP contribution in [0.2, 0.25) is 0 Å². The molecule has 1 aliphatic carbocycles. The summed E-state index contributed by atoms with van der Waals surface area (Å²) in [4.78, 5) is 16.8. The number of carbonyl (C=O) groups is 1. The van der Waals surface area contributed by atoms with Gasteiger partial charge in [0, 0.05) is 25.2 Å².